The number of rotatable bonds is 8. The summed E-state index contributed by atoms with van der Waals surface area (Å²) in [5, 5.41) is 102. The van der Waals surface area contributed by atoms with Gasteiger partial charge in [0.05, 0.1) is 59.7 Å². The molecule has 2 heterocycles. The summed E-state index contributed by atoms with van der Waals surface area (Å²) in [6.45, 7) is 24.4. The molecule has 19 nitrogen and oxygen atoms in total. The largest absolute Gasteiger partial charge is 0.456 e. The first-order valence-corrected chi connectivity index (χ1v) is 27.0. The van der Waals surface area contributed by atoms with Gasteiger partial charge in [-0.15, -0.1) is 11.6 Å². The maximum absolute atomic E-state index is 13.8. The van der Waals surface area contributed by atoms with Crippen LogP contribution in [0, 0.1) is 223 Å². The number of carbonyl (C=O) groups is 5. The van der Waals surface area contributed by atoms with Gasteiger partial charge in [0, 0.05) is 233 Å². The van der Waals surface area contributed by atoms with Gasteiger partial charge in [0.1, 0.15) is 41.5 Å². The molecular weight excluding hydrogens is 1900 g/mol. The van der Waals surface area contributed by atoms with E-state index in [4.69, 9.17) is 35.3 Å². The summed E-state index contributed by atoms with van der Waals surface area (Å²) >= 11 is 5.52. The van der Waals surface area contributed by atoms with Crippen molar-refractivity contribution in [3.63, 3.8) is 0 Å². The van der Waals surface area contributed by atoms with Crippen molar-refractivity contribution in [1.82, 2.24) is 0 Å². The molecule has 8 aliphatic rings. The molecule has 0 aromatic rings. The van der Waals surface area contributed by atoms with Crippen molar-refractivity contribution >= 4 is 41.1 Å². The van der Waals surface area contributed by atoms with E-state index in [9.17, 15) is 69.9 Å². The Morgan fingerprint density at radius 2 is 0.987 bits per heavy atom. The number of hydrogen-bond donors (Lipinski definition) is 9. The summed E-state index contributed by atoms with van der Waals surface area (Å²) in [6.07, 6.45) is -11.7. The van der Waals surface area contributed by atoms with E-state index < -0.39 is 159 Å². The Bertz CT molecular complexity index is 2220. The molecule has 0 amide bonds. The zero-order valence-corrected chi connectivity index (χ0v) is 67.6. The van der Waals surface area contributed by atoms with Gasteiger partial charge >= 0.3 is 17.9 Å². The monoisotopic (exact) mass is 1980 g/mol. The standard InChI is InChI=1S/C26H37ClO10.C24H36O9.2C2H6.4Ac/c1-11(2)20(37-18(29)9-27)23(32)36-15-8-25(33)7-14(12(15)3)19(30)22(31)24(5)16(28)6-17-26(34,10-35-17)21(24)13(25)4;1-10(2)17(26)21(29)33-14-8-23(30)7-13(11(14)3)18(27)20(28)22(5)15(25)6-16-24(31,9-32-16)19(22)12(23)4;2*1-2;;;;/h11,13,15-17,19-21,28,30,33-34H,6-10H2,1-5H3;10,12,14-19,25-27,30-31H,6-9H2,1-5H3;2*1-2H3;;;;/t13-,15-,16-,17+,19+,20+,21-,24+,25+,26-;12-,14-,15-,16+,17+,18+,19-,22+,23+,24-;;;;;;/m00....../s1. The van der Waals surface area contributed by atoms with Crippen LogP contribution < -0.4 is 0 Å². The Labute approximate surface area is 608 Å². The van der Waals surface area contributed by atoms with Crippen molar-refractivity contribution in [2.24, 2.45) is 46.3 Å². The Kier molecular flexibility index (Phi) is 30.7. The number of ketones is 2. The molecular formula is C54H85Ac4ClO19. The molecule has 24 heteroatoms. The average Bonchev–Trinajstić information content (AvgIpc) is 3.35. The molecule has 4 saturated carbocycles. The van der Waals surface area contributed by atoms with Crippen molar-refractivity contribution in [1.29, 1.82) is 0 Å². The van der Waals surface area contributed by atoms with E-state index in [1.165, 1.54) is 6.92 Å². The topological polar surface area (TPSA) is 314 Å². The van der Waals surface area contributed by atoms with Crippen LogP contribution in [0.5, 0.6) is 0 Å². The van der Waals surface area contributed by atoms with Gasteiger partial charge in [-0.2, -0.15) is 0 Å². The molecule has 9 N–H and O–H groups in total. The normalized spacial score (nSPS) is 41.5. The molecule has 2 saturated heterocycles. The molecule has 0 unspecified atom stereocenters. The van der Waals surface area contributed by atoms with E-state index >= 15 is 0 Å². The minimum Gasteiger partial charge on any atom is -0.456 e. The number of Topliss-reactive ketones (excluding diaryl/α,β-unsaturated/α-hetero) is 2. The molecule has 78 heavy (non-hydrogen) atoms. The van der Waals surface area contributed by atoms with E-state index in [0.717, 1.165) is 0 Å². The van der Waals surface area contributed by atoms with Gasteiger partial charge in [-0.25, -0.2) is 9.59 Å². The van der Waals surface area contributed by atoms with Crippen LogP contribution in [0.1, 0.15) is 135 Å². The Morgan fingerprint density at radius 1 is 0.641 bits per heavy atom. The molecule has 0 spiro atoms. The predicted octanol–water partition coefficient (Wildman–Crippen LogP) is 2.55. The van der Waals surface area contributed by atoms with Crippen LogP contribution >= 0.6 is 11.6 Å². The van der Waals surface area contributed by atoms with E-state index in [-0.39, 0.29) is 245 Å². The van der Waals surface area contributed by atoms with Gasteiger partial charge < -0.3 is 69.6 Å². The second kappa shape index (κ2) is 30.4. The van der Waals surface area contributed by atoms with E-state index in [0.29, 0.717) is 11.1 Å². The fourth-order valence-corrected chi connectivity index (χ4v) is 13.7. The first-order valence-electron chi connectivity index (χ1n) is 26.5. The molecule has 2 aliphatic heterocycles. The quantitative estimate of drug-likeness (QED) is 0.0730. The van der Waals surface area contributed by atoms with Crippen LogP contribution in [0.3, 0.4) is 0 Å². The second-order valence-corrected chi connectivity index (χ2v) is 23.2. The minimum atomic E-state index is -1.68. The number of alkyl halides is 1. The van der Waals surface area contributed by atoms with Crippen LogP contribution in [0.15, 0.2) is 22.3 Å². The van der Waals surface area contributed by atoms with Crippen molar-refractivity contribution in [2.75, 3.05) is 19.1 Å². The molecule has 6 aliphatic carbocycles. The van der Waals surface area contributed by atoms with Crippen LogP contribution in [0.4, 0.5) is 0 Å². The van der Waals surface area contributed by atoms with Gasteiger partial charge in [0.25, 0.3) is 0 Å². The van der Waals surface area contributed by atoms with Crippen molar-refractivity contribution < 1.29 is 270 Å². The maximum Gasteiger partial charge on any atom is 0.348 e. The Hall–Kier alpha value is 2.85. The smallest absolute Gasteiger partial charge is 0.348 e. The third-order valence-corrected chi connectivity index (χ3v) is 18.6. The summed E-state index contributed by atoms with van der Waals surface area (Å²) in [5.74, 6) is -8.26. The molecule has 4 radical (unpaired) electrons. The number of carbonyl (C=O) groups excluding carboxylic acids is 5. The van der Waals surface area contributed by atoms with Crippen LogP contribution in [0.25, 0.3) is 0 Å². The zero-order chi connectivity index (χ0) is 56.3. The van der Waals surface area contributed by atoms with Gasteiger partial charge in [-0.3, -0.25) is 14.4 Å². The third kappa shape index (κ3) is 14.0. The number of aliphatic hydroxyl groups is 9. The fourth-order valence-electron chi connectivity index (χ4n) is 13.6. The summed E-state index contributed by atoms with van der Waals surface area (Å²) < 4.78 is 27.5. The summed E-state index contributed by atoms with van der Waals surface area (Å²) in [5.41, 5.74) is -7.77. The first-order chi connectivity index (χ1) is 34.3. The maximum atomic E-state index is 13.8. The summed E-state index contributed by atoms with van der Waals surface area (Å²) in [4.78, 5) is 64.8. The first kappa shape index (κ1) is 78.9. The van der Waals surface area contributed by atoms with Crippen molar-refractivity contribution in [2.45, 2.75) is 219 Å². The predicted molar refractivity (Wildman–Crippen MR) is 267 cm³/mol. The summed E-state index contributed by atoms with van der Waals surface area (Å²) in [7, 11) is 0. The number of esters is 3. The molecule has 434 valence electrons. The molecule has 4 bridgehead atoms. The van der Waals surface area contributed by atoms with Crippen LogP contribution in [0.2, 0.25) is 0 Å². The minimum absolute atomic E-state index is 0. The van der Waals surface area contributed by atoms with Gasteiger partial charge in [-0.1, -0.05) is 69.2 Å². The number of fused-ring (bicyclic) bond motifs is 10. The van der Waals surface area contributed by atoms with Crippen molar-refractivity contribution in [3.8, 4) is 0 Å². The third-order valence-electron chi connectivity index (χ3n) is 18.3. The van der Waals surface area contributed by atoms with E-state index in [2.05, 4.69) is 0 Å². The van der Waals surface area contributed by atoms with Crippen molar-refractivity contribution in [3.05, 3.63) is 22.3 Å². The molecule has 0 aromatic carbocycles. The molecule has 8 rings (SSSR count). The molecule has 0 aromatic heterocycles. The SMILES string of the molecule is CC.CC.CC1=C2C[C@@](O)(C[C@@H]1OC(=O)[C@H](O)C(C)C)[C@@H](C)[C@@H]1[C@]3(O)CO[C@@H]3C[C@H](O)[C@@]1(C)C(=O)[C@@H]2O.CC1=C2C[C@@](O)(C[C@@H]1OC(=O)[C@H](OC(=O)CCl)C(C)C)[C@@H](C)[C@@H]1[C@]3(O)CO[C@@H]3C[C@H](O)[C@@]1(C)C(=O)[C@@H]2O.[Ac].[Ac].[Ac].[Ac]. The van der Waals surface area contributed by atoms with Gasteiger partial charge in [0.15, 0.2) is 17.7 Å². The van der Waals surface area contributed by atoms with Crippen LogP contribution in [-0.2, 0) is 47.7 Å². The van der Waals surface area contributed by atoms with E-state index in [1.54, 1.807) is 62.3 Å². The van der Waals surface area contributed by atoms with Crippen LogP contribution in [-0.4, -0.2) is 178 Å². The zero-order valence-electron chi connectivity index (χ0n) is 47.9. The number of aliphatic hydroxyl groups excluding tert-OH is 5. The number of ether oxygens (including phenoxy) is 5. The molecule has 6 fully saturated rings. The number of halogens is 1. The average molecular weight is 1980 g/mol. The van der Waals surface area contributed by atoms with Gasteiger partial charge in [0.2, 0.25) is 6.10 Å². The summed E-state index contributed by atoms with van der Waals surface area (Å²) in [6, 6.07) is 0. The fraction of sp³-hybridized carbons (Fsp3) is 0.833. The number of hydrogen-bond acceptors (Lipinski definition) is 19. The second-order valence-electron chi connectivity index (χ2n) is 22.9. The Balaban J connectivity index is 0.000000703. The van der Waals surface area contributed by atoms with Gasteiger partial charge in [-0.05, 0) is 67.7 Å². The molecule has 20 atom stereocenters. The Morgan fingerprint density at radius 3 is 1.28 bits per heavy atom. The van der Waals surface area contributed by atoms with E-state index in [1.807, 2.05) is 27.7 Å².